The normalized spacial score (nSPS) is 14.2. The number of alkyl halides is 3. The molecule has 0 radical (unpaired) electrons. The van der Waals surface area contributed by atoms with Crippen molar-refractivity contribution in [2.75, 3.05) is 11.9 Å². The van der Waals surface area contributed by atoms with E-state index < -0.39 is 11.7 Å². The van der Waals surface area contributed by atoms with Crippen LogP contribution >= 0.6 is 11.3 Å². The van der Waals surface area contributed by atoms with E-state index in [1.165, 1.54) is 6.07 Å². The Morgan fingerprint density at radius 3 is 2.72 bits per heavy atom. The van der Waals surface area contributed by atoms with Crippen LogP contribution in [0.4, 0.5) is 24.7 Å². The molecule has 5 rings (SSSR count). The molecule has 146 valence electrons. The third kappa shape index (κ3) is 3.28. The summed E-state index contributed by atoms with van der Waals surface area (Å²) in [5, 5.41) is 11.1. The number of halogens is 3. The number of nitrogens with zero attached hydrogens (tertiary/aromatic N) is 2. The molecule has 0 saturated carbocycles. The lowest BCUT2D eigenvalue weighted by molar-refractivity contribution is -0.137. The van der Waals surface area contributed by atoms with Crippen LogP contribution in [-0.4, -0.2) is 17.2 Å². The van der Waals surface area contributed by atoms with E-state index in [9.17, 15) is 13.2 Å². The van der Waals surface area contributed by atoms with E-state index in [1.807, 2.05) is 29.6 Å². The average Bonchev–Trinajstić information content (AvgIpc) is 3.39. The molecule has 0 unspecified atom stereocenters. The molecule has 0 amide bonds. The maximum absolute atomic E-state index is 13.0. The largest absolute Gasteiger partial charge is 0.416 e. The molecule has 29 heavy (non-hydrogen) atoms. The maximum atomic E-state index is 13.0. The van der Waals surface area contributed by atoms with Crippen LogP contribution in [-0.2, 0) is 6.18 Å². The fourth-order valence-electron chi connectivity index (χ4n) is 3.32. The summed E-state index contributed by atoms with van der Waals surface area (Å²) < 4.78 is 40.2. The minimum Gasteiger partial charge on any atom is -0.340 e. The molecule has 3 N–H and O–H groups in total. The van der Waals surface area contributed by atoms with Crippen LogP contribution in [0.2, 0.25) is 0 Å². The Morgan fingerprint density at radius 2 is 1.93 bits per heavy atom. The van der Waals surface area contributed by atoms with Gasteiger partial charge in [0.25, 0.3) is 0 Å². The molecule has 0 aliphatic carbocycles. The number of fused-ring (bicyclic) bond motifs is 3. The minimum atomic E-state index is -4.40. The van der Waals surface area contributed by atoms with Crippen molar-refractivity contribution in [3.05, 3.63) is 65.0 Å². The molecule has 0 atom stereocenters. The lowest BCUT2D eigenvalue weighted by Gasteiger charge is -2.12. The van der Waals surface area contributed by atoms with E-state index in [0.29, 0.717) is 18.1 Å². The lowest BCUT2D eigenvalue weighted by atomic mass is 10.1. The number of nitrogens with one attached hydrogen (secondary N) is 3. The van der Waals surface area contributed by atoms with Crippen molar-refractivity contribution in [3.63, 3.8) is 0 Å². The summed E-state index contributed by atoms with van der Waals surface area (Å²) in [4.78, 5) is 4.71. The summed E-state index contributed by atoms with van der Waals surface area (Å²) >= 11 is 1.57. The zero-order valence-corrected chi connectivity index (χ0v) is 15.7. The number of rotatable bonds is 3. The summed E-state index contributed by atoms with van der Waals surface area (Å²) in [7, 11) is 0. The molecule has 1 aliphatic heterocycles. The number of pyridine rings is 1. The number of thiophene rings is 1. The van der Waals surface area contributed by atoms with Crippen LogP contribution in [0.3, 0.4) is 0 Å². The highest BCUT2D eigenvalue weighted by Gasteiger charge is 2.30. The number of benzene rings is 2. The van der Waals surface area contributed by atoms with Gasteiger partial charge in [-0.25, -0.2) is 15.9 Å². The molecule has 1 aliphatic rings. The monoisotopic (exact) mass is 413 g/mol. The molecule has 2 aromatic heterocycles. The Labute approximate surface area is 167 Å². The zero-order chi connectivity index (χ0) is 20.0. The third-order valence-corrected chi connectivity index (χ3v) is 5.65. The van der Waals surface area contributed by atoms with Gasteiger partial charge < -0.3 is 5.32 Å². The first-order valence-corrected chi connectivity index (χ1v) is 9.67. The number of hydrazone groups is 1. The van der Waals surface area contributed by atoms with Crippen LogP contribution < -0.4 is 16.3 Å². The molecule has 3 heterocycles. The quantitative estimate of drug-likeness (QED) is 0.441. The zero-order valence-electron chi connectivity index (χ0n) is 14.8. The standard InChI is InChI=1S/C20H14F3N5S/c21-20(22,23)12-2-1-3-13(9-12)25-19-15-6-7-29-18(15)14-5-4-11(8-16(14)26-19)17-10-24-28-27-17/h1-9,24,28H,10H2,(H,25,26). The van der Waals surface area contributed by atoms with E-state index in [-0.39, 0.29) is 0 Å². The van der Waals surface area contributed by atoms with Crippen molar-refractivity contribution in [3.8, 4) is 0 Å². The van der Waals surface area contributed by atoms with E-state index in [2.05, 4.69) is 21.4 Å². The van der Waals surface area contributed by atoms with E-state index in [1.54, 1.807) is 17.4 Å². The number of hydrogen-bond acceptors (Lipinski definition) is 6. The van der Waals surface area contributed by atoms with Gasteiger partial charge in [0.2, 0.25) is 0 Å². The van der Waals surface area contributed by atoms with Gasteiger partial charge in [0, 0.05) is 26.7 Å². The van der Waals surface area contributed by atoms with Crippen molar-refractivity contribution >= 4 is 49.5 Å². The Kier molecular flexibility index (Phi) is 4.14. The van der Waals surface area contributed by atoms with Crippen LogP contribution in [0.5, 0.6) is 0 Å². The Hall–Kier alpha value is -3.17. The van der Waals surface area contributed by atoms with Gasteiger partial charge in [0.1, 0.15) is 5.82 Å². The number of anilines is 2. The average molecular weight is 413 g/mol. The summed E-state index contributed by atoms with van der Waals surface area (Å²) in [5.41, 5.74) is 7.84. The van der Waals surface area contributed by atoms with Gasteiger partial charge in [-0.1, -0.05) is 18.2 Å². The van der Waals surface area contributed by atoms with Crippen molar-refractivity contribution < 1.29 is 13.2 Å². The van der Waals surface area contributed by atoms with Crippen molar-refractivity contribution in [2.24, 2.45) is 5.10 Å². The first-order valence-electron chi connectivity index (χ1n) is 8.79. The number of aromatic nitrogens is 1. The fraction of sp³-hybridized carbons (Fsp3) is 0.100. The van der Waals surface area contributed by atoms with Crippen molar-refractivity contribution in [2.45, 2.75) is 6.18 Å². The smallest absolute Gasteiger partial charge is 0.340 e. The second-order valence-corrected chi connectivity index (χ2v) is 7.50. The Bertz CT molecular complexity index is 1260. The van der Waals surface area contributed by atoms with E-state index in [0.717, 1.165) is 44.4 Å². The molecule has 0 saturated heterocycles. The first kappa shape index (κ1) is 17.9. The van der Waals surface area contributed by atoms with Gasteiger partial charge in [-0.3, -0.25) is 0 Å². The second-order valence-electron chi connectivity index (χ2n) is 6.58. The molecular formula is C20H14F3N5S. The van der Waals surface area contributed by atoms with Gasteiger partial charge in [0.15, 0.2) is 0 Å². The highest BCUT2D eigenvalue weighted by Crippen LogP contribution is 2.36. The predicted octanol–water partition coefficient (Wildman–Crippen LogP) is 5.02. The second kappa shape index (κ2) is 6.71. The Morgan fingerprint density at radius 1 is 1.03 bits per heavy atom. The van der Waals surface area contributed by atoms with Gasteiger partial charge in [-0.2, -0.15) is 18.3 Å². The van der Waals surface area contributed by atoms with Crippen LogP contribution in [0.25, 0.3) is 21.0 Å². The molecule has 9 heteroatoms. The van der Waals surface area contributed by atoms with Crippen molar-refractivity contribution in [1.29, 1.82) is 0 Å². The SMILES string of the molecule is FC(F)(F)c1cccc(Nc2nc3cc(C4=NNNC4)ccc3c3sccc23)c1. The summed E-state index contributed by atoms with van der Waals surface area (Å²) in [6, 6.07) is 13.0. The highest BCUT2D eigenvalue weighted by molar-refractivity contribution is 7.18. The van der Waals surface area contributed by atoms with E-state index >= 15 is 0 Å². The molecule has 0 bridgehead atoms. The molecular weight excluding hydrogens is 399 g/mol. The molecule has 2 aromatic carbocycles. The van der Waals surface area contributed by atoms with Gasteiger partial charge in [-0.05, 0) is 35.7 Å². The predicted molar refractivity (Wildman–Crippen MR) is 110 cm³/mol. The lowest BCUT2D eigenvalue weighted by Crippen LogP contribution is -2.22. The van der Waals surface area contributed by atoms with Gasteiger partial charge >= 0.3 is 6.18 Å². The van der Waals surface area contributed by atoms with E-state index in [4.69, 9.17) is 4.98 Å². The Balaban J connectivity index is 1.61. The van der Waals surface area contributed by atoms with Crippen LogP contribution in [0.15, 0.2) is 59.0 Å². The topological polar surface area (TPSA) is 61.3 Å². The van der Waals surface area contributed by atoms with Crippen LogP contribution in [0.1, 0.15) is 11.1 Å². The summed E-state index contributed by atoms with van der Waals surface area (Å²) in [5.74, 6) is 0.523. The summed E-state index contributed by atoms with van der Waals surface area (Å²) in [6.45, 7) is 0.599. The molecule has 5 nitrogen and oxygen atoms in total. The van der Waals surface area contributed by atoms with Gasteiger partial charge in [0.05, 0.1) is 23.3 Å². The summed E-state index contributed by atoms with van der Waals surface area (Å²) in [6.07, 6.45) is -4.40. The number of hydrazine groups is 1. The first-order chi connectivity index (χ1) is 14.0. The van der Waals surface area contributed by atoms with Crippen LogP contribution in [0, 0.1) is 0 Å². The maximum Gasteiger partial charge on any atom is 0.416 e. The fourth-order valence-corrected chi connectivity index (χ4v) is 4.25. The third-order valence-electron chi connectivity index (χ3n) is 4.71. The highest BCUT2D eigenvalue weighted by atomic mass is 32.1. The molecule has 0 fully saturated rings. The molecule has 4 aromatic rings. The minimum absolute atomic E-state index is 0.337. The molecule has 0 spiro atoms. The van der Waals surface area contributed by atoms with Gasteiger partial charge in [-0.15, -0.1) is 11.3 Å². The number of hydrogen-bond donors (Lipinski definition) is 3. The van der Waals surface area contributed by atoms with Crippen molar-refractivity contribution in [1.82, 2.24) is 15.9 Å².